The van der Waals surface area contributed by atoms with Crippen molar-refractivity contribution in [2.75, 3.05) is 12.3 Å². The Hall–Kier alpha value is -1.45. The third kappa shape index (κ3) is 1.84. The highest BCUT2D eigenvalue weighted by Crippen LogP contribution is 2.28. The molecular weight excluding hydrogens is 190 g/mol. The minimum atomic E-state index is 0.0965. The first-order valence-electron chi connectivity index (χ1n) is 5.36. The van der Waals surface area contributed by atoms with E-state index in [-0.39, 0.29) is 5.91 Å². The molecule has 0 aromatic carbocycles. The van der Waals surface area contributed by atoms with Gasteiger partial charge in [-0.3, -0.25) is 4.79 Å². The zero-order valence-electron chi connectivity index (χ0n) is 9.23. The zero-order chi connectivity index (χ0) is 11.0. The summed E-state index contributed by atoms with van der Waals surface area (Å²) in [5.41, 5.74) is 6.99. The maximum Gasteiger partial charge on any atom is 0.270 e. The van der Waals surface area contributed by atoms with Crippen molar-refractivity contribution in [2.45, 2.75) is 25.8 Å². The fraction of sp³-hybridized carbons (Fsp3) is 0.545. The SMILES string of the molecule is CCN(C(=O)c1cc(N)cn1C)C1CC1. The highest BCUT2D eigenvalue weighted by atomic mass is 16.2. The van der Waals surface area contributed by atoms with E-state index in [1.807, 2.05) is 18.9 Å². The van der Waals surface area contributed by atoms with E-state index in [4.69, 9.17) is 5.73 Å². The van der Waals surface area contributed by atoms with Gasteiger partial charge in [0.1, 0.15) is 5.69 Å². The Morgan fingerprint density at radius 3 is 2.73 bits per heavy atom. The van der Waals surface area contributed by atoms with Gasteiger partial charge < -0.3 is 15.2 Å². The number of carbonyl (C=O) groups excluding carboxylic acids is 1. The summed E-state index contributed by atoms with van der Waals surface area (Å²) in [6.45, 7) is 2.79. The van der Waals surface area contributed by atoms with E-state index in [9.17, 15) is 4.79 Å². The number of rotatable bonds is 3. The number of hydrogen-bond donors (Lipinski definition) is 1. The molecule has 2 N–H and O–H groups in total. The van der Waals surface area contributed by atoms with Gasteiger partial charge in [-0.2, -0.15) is 0 Å². The molecule has 1 amide bonds. The Labute approximate surface area is 89.7 Å². The number of aromatic nitrogens is 1. The Morgan fingerprint density at radius 2 is 2.33 bits per heavy atom. The van der Waals surface area contributed by atoms with Gasteiger partial charge in [-0.15, -0.1) is 0 Å². The minimum Gasteiger partial charge on any atom is -0.397 e. The molecule has 1 heterocycles. The van der Waals surface area contributed by atoms with Gasteiger partial charge in [0.05, 0.1) is 5.69 Å². The fourth-order valence-corrected chi connectivity index (χ4v) is 1.90. The topological polar surface area (TPSA) is 51.3 Å². The first-order valence-corrected chi connectivity index (χ1v) is 5.36. The van der Waals surface area contributed by atoms with Crippen LogP contribution in [-0.4, -0.2) is 28.0 Å². The molecule has 0 aliphatic heterocycles. The quantitative estimate of drug-likeness (QED) is 0.810. The molecule has 1 aromatic rings. The van der Waals surface area contributed by atoms with E-state index in [0.29, 0.717) is 17.4 Å². The number of anilines is 1. The zero-order valence-corrected chi connectivity index (χ0v) is 9.23. The van der Waals surface area contributed by atoms with Gasteiger partial charge in [0, 0.05) is 25.8 Å². The number of aryl methyl sites for hydroxylation is 1. The van der Waals surface area contributed by atoms with E-state index < -0.39 is 0 Å². The molecule has 1 aromatic heterocycles. The first-order chi connectivity index (χ1) is 7.13. The van der Waals surface area contributed by atoms with Crippen LogP contribution < -0.4 is 5.73 Å². The number of carbonyl (C=O) groups is 1. The third-order valence-corrected chi connectivity index (χ3v) is 2.83. The lowest BCUT2D eigenvalue weighted by Gasteiger charge is -2.20. The number of nitrogens with two attached hydrogens (primary N) is 1. The van der Waals surface area contributed by atoms with Crippen molar-refractivity contribution in [1.82, 2.24) is 9.47 Å². The molecule has 0 radical (unpaired) electrons. The van der Waals surface area contributed by atoms with E-state index in [1.165, 1.54) is 0 Å². The highest BCUT2D eigenvalue weighted by Gasteiger charge is 2.32. The van der Waals surface area contributed by atoms with E-state index in [1.54, 1.807) is 16.8 Å². The maximum absolute atomic E-state index is 12.1. The Bertz CT molecular complexity index is 379. The van der Waals surface area contributed by atoms with Crippen LogP contribution in [0.25, 0.3) is 0 Å². The van der Waals surface area contributed by atoms with Crippen molar-refractivity contribution in [3.63, 3.8) is 0 Å². The standard InChI is InChI=1S/C11H17N3O/c1-3-14(9-4-5-9)11(15)10-6-8(12)7-13(10)2/h6-7,9H,3-5,12H2,1-2H3. The van der Waals surface area contributed by atoms with Crippen LogP contribution in [0.15, 0.2) is 12.3 Å². The molecule has 1 saturated carbocycles. The predicted octanol–water partition coefficient (Wildman–Crippen LogP) is 1.23. The molecule has 0 saturated heterocycles. The Kier molecular flexibility index (Phi) is 2.42. The van der Waals surface area contributed by atoms with Crippen molar-refractivity contribution in [2.24, 2.45) is 7.05 Å². The summed E-state index contributed by atoms with van der Waals surface area (Å²) in [6, 6.07) is 2.20. The summed E-state index contributed by atoms with van der Waals surface area (Å²) >= 11 is 0. The van der Waals surface area contributed by atoms with Crippen LogP contribution in [0.3, 0.4) is 0 Å². The molecule has 0 spiro atoms. The maximum atomic E-state index is 12.1. The van der Waals surface area contributed by atoms with E-state index in [2.05, 4.69) is 0 Å². The lowest BCUT2D eigenvalue weighted by Crippen LogP contribution is -2.33. The molecule has 4 nitrogen and oxygen atoms in total. The molecule has 1 fully saturated rings. The van der Waals surface area contributed by atoms with Crippen molar-refractivity contribution in [3.05, 3.63) is 18.0 Å². The van der Waals surface area contributed by atoms with Gasteiger partial charge >= 0.3 is 0 Å². The smallest absolute Gasteiger partial charge is 0.270 e. The number of hydrogen-bond acceptors (Lipinski definition) is 2. The van der Waals surface area contributed by atoms with Crippen molar-refractivity contribution in [3.8, 4) is 0 Å². The van der Waals surface area contributed by atoms with Crippen molar-refractivity contribution >= 4 is 11.6 Å². The molecule has 1 aliphatic carbocycles. The number of amides is 1. The van der Waals surface area contributed by atoms with Crippen LogP contribution in [-0.2, 0) is 7.05 Å². The Balaban J connectivity index is 2.22. The molecular formula is C11H17N3O. The second-order valence-corrected chi connectivity index (χ2v) is 4.09. The normalized spacial score (nSPS) is 15.3. The average molecular weight is 207 g/mol. The van der Waals surface area contributed by atoms with Gasteiger partial charge in [-0.25, -0.2) is 0 Å². The van der Waals surface area contributed by atoms with Crippen LogP contribution >= 0.6 is 0 Å². The molecule has 2 rings (SSSR count). The molecule has 4 heteroatoms. The van der Waals surface area contributed by atoms with Crippen LogP contribution in [0, 0.1) is 0 Å². The number of nitrogen functional groups attached to an aromatic ring is 1. The van der Waals surface area contributed by atoms with Gasteiger partial charge in [-0.05, 0) is 25.8 Å². The summed E-state index contributed by atoms with van der Waals surface area (Å²) in [6.07, 6.45) is 4.05. The van der Waals surface area contributed by atoms with Gasteiger partial charge in [0.15, 0.2) is 0 Å². The Morgan fingerprint density at radius 1 is 1.67 bits per heavy atom. The molecule has 0 atom stereocenters. The van der Waals surface area contributed by atoms with Crippen molar-refractivity contribution in [1.29, 1.82) is 0 Å². The predicted molar refractivity (Wildman–Crippen MR) is 59.6 cm³/mol. The summed E-state index contributed by atoms with van der Waals surface area (Å²) < 4.78 is 1.79. The molecule has 82 valence electrons. The van der Waals surface area contributed by atoms with Crippen LogP contribution in [0.4, 0.5) is 5.69 Å². The van der Waals surface area contributed by atoms with Crippen LogP contribution in [0.1, 0.15) is 30.3 Å². The summed E-state index contributed by atoms with van der Waals surface area (Å²) in [5.74, 6) is 0.0965. The second kappa shape index (κ2) is 3.61. The minimum absolute atomic E-state index is 0.0965. The van der Waals surface area contributed by atoms with Gasteiger partial charge in [0.25, 0.3) is 5.91 Å². The first kappa shape index (κ1) is 10.1. The van der Waals surface area contributed by atoms with E-state index >= 15 is 0 Å². The number of nitrogens with zero attached hydrogens (tertiary/aromatic N) is 2. The molecule has 1 aliphatic rings. The van der Waals surface area contributed by atoms with Gasteiger partial charge in [-0.1, -0.05) is 0 Å². The van der Waals surface area contributed by atoms with E-state index in [0.717, 1.165) is 19.4 Å². The highest BCUT2D eigenvalue weighted by molar-refractivity contribution is 5.94. The second-order valence-electron chi connectivity index (χ2n) is 4.09. The summed E-state index contributed by atoms with van der Waals surface area (Å²) in [7, 11) is 1.85. The summed E-state index contributed by atoms with van der Waals surface area (Å²) in [5, 5.41) is 0. The lowest BCUT2D eigenvalue weighted by atomic mass is 10.3. The third-order valence-electron chi connectivity index (χ3n) is 2.83. The molecule has 0 bridgehead atoms. The van der Waals surface area contributed by atoms with Crippen molar-refractivity contribution < 1.29 is 4.79 Å². The average Bonchev–Trinajstić information content (AvgIpc) is 2.94. The largest absolute Gasteiger partial charge is 0.397 e. The fourth-order valence-electron chi connectivity index (χ4n) is 1.90. The van der Waals surface area contributed by atoms with Gasteiger partial charge in [0.2, 0.25) is 0 Å². The molecule has 0 unspecified atom stereocenters. The molecule has 15 heavy (non-hydrogen) atoms. The van der Waals surface area contributed by atoms with Crippen LogP contribution in [0.5, 0.6) is 0 Å². The lowest BCUT2D eigenvalue weighted by molar-refractivity contribution is 0.0743. The summed E-state index contributed by atoms with van der Waals surface area (Å²) in [4.78, 5) is 14.1. The monoisotopic (exact) mass is 207 g/mol. The van der Waals surface area contributed by atoms with Crippen LogP contribution in [0.2, 0.25) is 0 Å².